The number of carbonyl (C=O) groups excluding carboxylic acids is 2. The van der Waals surface area contributed by atoms with Crippen LogP contribution in [0.3, 0.4) is 0 Å². The lowest BCUT2D eigenvalue weighted by atomic mass is 10.1. The standard InChI is InChI=1S/C21H24N2O3/c1-3-26-19-8-5-4-7-18(19)21(25)23(15-22-14-6-9-20(22)24)17-12-10-16(2)11-13-17/h4-5,7-8,10-13H,3,6,9,14-15H2,1-2H3. The van der Waals surface area contributed by atoms with Crippen molar-refractivity contribution in [3.63, 3.8) is 0 Å². The molecule has 0 atom stereocenters. The first-order valence-corrected chi connectivity index (χ1v) is 8.98. The van der Waals surface area contributed by atoms with Crippen LogP contribution in [0.5, 0.6) is 5.75 Å². The highest BCUT2D eigenvalue weighted by molar-refractivity contribution is 6.08. The van der Waals surface area contributed by atoms with E-state index in [2.05, 4.69) is 0 Å². The zero-order valence-corrected chi connectivity index (χ0v) is 15.3. The summed E-state index contributed by atoms with van der Waals surface area (Å²) in [5.74, 6) is 0.482. The molecule has 0 bridgehead atoms. The first-order valence-electron chi connectivity index (χ1n) is 8.98. The minimum Gasteiger partial charge on any atom is -0.493 e. The van der Waals surface area contributed by atoms with Gasteiger partial charge in [-0.3, -0.25) is 14.5 Å². The molecule has 0 aliphatic carbocycles. The molecule has 0 unspecified atom stereocenters. The third-order valence-electron chi connectivity index (χ3n) is 4.49. The number of rotatable bonds is 6. The second-order valence-corrected chi connectivity index (χ2v) is 6.40. The molecule has 5 nitrogen and oxygen atoms in total. The smallest absolute Gasteiger partial charge is 0.263 e. The summed E-state index contributed by atoms with van der Waals surface area (Å²) in [6.45, 7) is 5.31. The number of carbonyl (C=O) groups is 2. The van der Waals surface area contributed by atoms with Crippen molar-refractivity contribution in [3.8, 4) is 5.75 Å². The molecule has 2 aromatic rings. The second kappa shape index (κ2) is 8.04. The Bertz CT molecular complexity index is 786. The van der Waals surface area contributed by atoms with Crippen LogP contribution in [-0.2, 0) is 4.79 Å². The lowest BCUT2D eigenvalue weighted by Gasteiger charge is -2.28. The largest absolute Gasteiger partial charge is 0.493 e. The van der Waals surface area contributed by atoms with Gasteiger partial charge in [0.2, 0.25) is 5.91 Å². The number of para-hydroxylation sites is 1. The molecule has 1 fully saturated rings. The van der Waals surface area contributed by atoms with Crippen LogP contribution in [0.2, 0.25) is 0 Å². The number of anilines is 1. The molecule has 136 valence electrons. The van der Waals surface area contributed by atoms with E-state index in [-0.39, 0.29) is 18.5 Å². The van der Waals surface area contributed by atoms with Gasteiger partial charge in [0, 0.05) is 18.7 Å². The van der Waals surface area contributed by atoms with E-state index in [9.17, 15) is 9.59 Å². The Morgan fingerprint density at radius 3 is 2.54 bits per heavy atom. The van der Waals surface area contributed by atoms with E-state index in [4.69, 9.17) is 4.74 Å². The fourth-order valence-corrected chi connectivity index (χ4v) is 3.08. The average Bonchev–Trinajstić information content (AvgIpc) is 3.05. The number of ether oxygens (including phenoxy) is 1. The van der Waals surface area contributed by atoms with Crippen LogP contribution in [0.15, 0.2) is 48.5 Å². The third kappa shape index (κ3) is 3.87. The van der Waals surface area contributed by atoms with Gasteiger partial charge in [-0.15, -0.1) is 0 Å². The van der Waals surface area contributed by atoms with Gasteiger partial charge in [0.25, 0.3) is 5.91 Å². The van der Waals surface area contributed by atoms with Crippen LogP contribution in [0.1, 0.15) is 35.7 Å². The maximum atomic E-state index is 13.3. The van der Waals surface area contributed by atoms with Gasteiger partial charge in [0.05, 0.1) is 12.2 Å². The number of likely N-dealkylation sites (tertiary alicyclic amines) is 1. The van der Waals surface area contributed by atoms with Gasteiger partial charge in [-0.1, -0.05) is 29.8 Å². The predicted molar refractivity (Wildman–Crippen MR) is 101 cm³/mol. The lowest BCUT2D eigenvalue weighted by molar-refractivity contribution is -0.127. The fraction of sp³-hybridized carbons (Fsp3) is 0.333. The third-order valence-corrected chi connectivity index (χ3v) is 4.49. The summed E-state index contributed by atoms with van der Waals surface area (Å²) in [5.41, 5.74) is 2.39. The van der Waals surface area contributed by atoms with Crippen molar-refractivity contribution in [3.05, 3.63) is 59.7 Å². The molecule has 1 aliphatic heterocycles. The molecule has 2 aromatic carbocycles. The molecule has 0 aromatic heterocycles. The van der Waals surface area contributed by atoms with Crippen LogP contribution in [0.4, 0.5) is 5.69 Å². The van der Waals surface area contributed by atoms with Crippen molar-refractivity contribution in [1.29, 1.82) is 0 Å². The second-order valence-electron chi connectivity index (χ2n) is 6.40. The van der Waals surface area contributed by atoms with Crippen LogP contribution in [0, 0.1) is 6.92 Å². The van der Waals surface area contributed by atoms with Crippen molar-refractivity contribution >= 4 is 17.5 Å². The zero-order chi connectivity index (χ0) is 18.5. The van der Waals surface area contributed by atoms with Crippen molar-refractivity contribution < 1.29 is 14.3 Å². The van der Waals surface area contributed by atoms with E-state index >= 15 is 0 Å². The van der Waals surface area contributed by atoms with Crippen molar-refractivity contribution in [2.75, 3.05) is 24.7 Å². The van der Waals surface area contributed by atoms with E-state index < -0.39 is 0 Å². The van der Waals surface area contributed by atoms with E-state index in [1.54, 1.807) is 21.9 Å². The molecule has 26 heavy (non-hydrogen) atoms. The first kappa shape index (κ1) is 18.0. The minimum absolute atomic E-state index is 0.0907. The topological polar surface area (TPSA) is 49.9 Å². The molecule has 0 spiro atoms. The highest BCUT2D eigenvalue weighted by atomic mass is 16.5. The van der Waals surface area contributed by atoms with Crippen LogP contribution < -0.4 is 9.64 Å². The number of hydrogen-bond donors (Lipinski definition) is 0. The molecule has 1 saturated heterocycles. The molecule has 1 aliphatic rings. The normalized spacial score (nSPS) is 13.8. The fourth-order valence-electron chi connectivity index (χ4n) is 3.08. The predicted octanol–water partition coefficient (Wildman–Crippen LogP) is 3.62. The number of hydrogen-bond acceptors (Lipinski definition) is 3. The van der Waals surface area contributed by atoms with Crippen LogP contribution >= 0.6 is 0 Å². The van der Waals surface area contributed by atoms with Crippen molar-refractivity contribution in [2.24, 2.45) is 0 Å². The highest BCUT2D eigenvalue weighted by Gasteiger charge is 2.27. The van der Waals surface area contributed by atoms with Crippen molar-refractivity contribution in [2.45, 2.75) is 26.7 Å². The van der Waals surface area contributed by atoms with E-state index in [1.807, 2.05) is 50.2 Å². The van der Waals surface area contributed by atoms with E-state index in [0.717, 1.165) is 17.7 Å². The summed E-state index contributed by atoms with van der Waals surface area (Å²) in [4.78, 5) is 28.8. The van der Waals surface area contributed by atoms with Crippen LogP contribution in [-0.4, -0.2) is 36.5 Å². The lowest BCUT2D eigenvalue weighted by Crippen LogP contribution is -2.42. The van der Waals surface area contributed by atoms with Gasteiger partial charge >= 0.3 is 0 Å². The maximum absolute atomic E-state index is 13.3. The maximum Gasteiger partial charge on any atom is 0.263 e. The Kier molecular flexibility index (Phi) is 5.56. The molecule has 5 heteroatoms. The van der Waals surface area contributed by atoms with Crippen LogP contribution in [0.25, 0.3) is 0 Å². The number of aryl methyl sites for hydroxylation is 1. The summed E-state index contributed by atoms with van der Waals surface area (Å²) in [7, 11) is 0. The summed E-state index contributed by atoms with van der Waals surface area (Å²) >= 11 is 0. The van der Waals surface area contributed by atoms with Gasteiger partial charge in [-0.2, -0.15) is 0 Å². The quantitative estimate of drug-likeness (QED) is 0.798. The van der Waals surface area contributed by atoms with Crippen molar-refractivity contribution in [1.82, 2.24) is 4.90 Å². The van der Waals surface area contributed by atoms with Gasteiger partial charge in [-0.25, -0.2) is 0 Å². The Morgan fingerprint density at radius 2 is 1.88 bits per heavy atom. The summed E-state index contributed by atoms with van der Waals surface area (Å²) < 4.78 is 5.63. The van der Waals surface area contributed by atoms with Gasteiger partial charge in [-0.05, 0) is 44.5 Å². The van der Waals surface area contributed by atoms with Gasteiger partial charge in [0.1, 0.15) is 12.4 Å². The molecular formula is C21H24N2O3. The van der Waals surface area contributed by atoms with E-state index in [0.29, 0.717) is 30.9 Å². The molecule has 1 heterocycles. The minimum atomic E-state index is -0.169. The summed E-state index contributed by atoms with van der Waals surface area (Å²) in [6.07, 6.45) is 1.38. The molecular weight excluding hydrogens is 328 g/mol. The molecule has 0 saturated carbocycles. The highest BCUT2D eigenvalue weighted by Crippen LogP contribution is 2.25. The summed E-state index contributed by atoms with van der Waals surface area (Å²) in [6, 6.07) is 15.0. The Morgan fingerprint density at radius 1 is 1.15 bits per heavy atom. The first-order chi connectivity index (χ1) is 12.6. The van der Waals surface area contributed by atoms with Gasteiger partial charge < -0.3 is 9.64 Å². The molecule has 0 N–H and O–H groups in total. The Hall–Kier alpha value is -2.82. The molecule has 2 amide bonds. The SMILES string of the molecule is CCOc1ccccc1C(=O)N(CN1CCCC1=O)c1ccc(C)cc1. The van der Waals surface area contributed by atoms with E-state index in [1.165, 1.54) is 0 Å². The summed E-state index contributed by atoms with van der Waals surface area (Å²) in [5, 5.41) is 0. The average molecular weight is 352 g/mol. The zero-order valence-electron chi connectivity index (χ0n) is 15.3. The Balaban J connectivity index is 1.95. The number of amides is 2. The monoisotopic (exact) mass is 352 g/mol. The molecule has 3 rings (SSSR count). The Labute approximate surface area is 154 Å². The number of benzene rings is 2. The molecule has 0 radical (unpaired) electrons. The number of nitrogens with zero attached hydrogens (tertiary/aromatic N) is 2. The van der Waals surface area contributed by atoms with Gasteiger partial charge in [0.15, 0.2) is 0 Å².